The smallest absolute Gasteiger partial charge is 0.406 e. The molecule has 0 fully saturated rings. The predicted octanol–water partition coefficient (Wildman–Crippen LogP) is 4.23. The third kappa shape index (κ3) is 4.64. The molecule has 1 aliphatic heterocycles. The molecule has 1 heterocycles. The number of amides is 1. The lowest BCUT2D eigenvalue weighted by Crippen LogP contribution is -2.39. The van der Waals surface area contributed by atoms with Crippen molar-refractivity contribution in [2.45, 2.75) is 39.8 Å². The summed E-state index contributed by atoms with van der Waals surface area (Å²) in [5.41, 5.74) is 1.10. The van der Waals surface area contributed by atoms with Crippen LogP contribution in [0.2, 0.25) is 0 Å². The molecule has 124 valence electrons. The first kappa shape index (κ1) is 18.3. The van der Waals surface area contributed by atoms with Gasteiger partial charge in [0.2, 0.25) is 0 Å². The van der Waals surface area contributed by atoms with Crippen LogP contribution in [0, 0.1) is 0 Å². The molecular formula is C16H22F3NO2. The third-order valence-corrected chi connectivity index (χ3v) is 3.18. The molecular weight excluding hydrogens is 295 g/mol. The zero-order valence-corrected chi connectivity index (χ0v) is 13.3. The second-order valence-corrected chi connectivity index (χ2v) is 5.10. The number of fused-ring (bicyclic) bond motifs is 1. The summed E-state index contributed by atoms with van der Waals surface area (Å²) in [6.07, 6.45) is -4.41. The largest absolute Gasteiger partial charge is 0.491 e. The number of hydrogen-bond donors (Lipinski definition) is 0. The van der Waals surface area contributed by atoms with Crippen LogP contribution in [0.5, 0.6) is 5.75 Å². The van der Waals surface area contributed by atoms with Crippen molar-refractivity contribution >= 4 is 5.91 Å². The maximum atomic E-state index is 12.5. The first-order valence-corrected chi connectivity index (χ1v) is 7.40. The van der Waals surface area contributed by atoms with Crippen molar-refractivity contribution in [3.05, 3.63) is 29.3 Å². The van der Waals surface area contributed by atoms with Crippen LogP contribution in [-0.4, -0.2) is 36.7 Å². The van der Waals surface area contributed by atoms with Crippen molar-refractivity contribution in [2.75, 3.05) is 19.7 Å². The number of alkyl halides is 3. The van der Waals surface area contributed by atoms with Crippen molar-refractivity contribution < 1.29 is 22.7 Å². The fraction of sp³-hybridized carbons (Fsp3) is 0.562. The quantitative estimate of drug-likeness (QED) is 0.817. The standard InChI is InChI=1S/C14H16F3NO2.C2H6/c1-9(2)10-3-4-12-11(7-10)13(19)18(5-6-20-12)8-14(15,16)17;1-2/h3-4,7,9H,5-6,8H2,1-2H3;1-2H3. The van der Waals surface area contributed by atoms with Crippen LogP contribution in [0.4, 0.5) is 13.2 Å². The van der Waals surface area contributed by atoms with Crippen LogP contribution < -0.4 is 4.74 Å². The number of nitrogens with zero attached hydrogens (tertiary/aromatic N) is 1. The number of rotatable bonds is 2. The van der Waals surface area contributed by atoms with Gasteiger partial charge in [0.1, 0.15) is 18.9 Å². The Bertz CT molecular complexity index is 513. The Labute approximate surface area is 129 Å². The second-order valence-electron chi connectivity index (χ2n) is 5.10. The van der Waals surface area contributed by atoms with Crippen LogP contribution >= 0.6 is 0 Å². The van der Waals surface area contributed by atoms with Crippen LogP contribution in [0.3, 0.4) is 0 Å². The minimum Gasteiger partial charge on any atom is -0.491 e. The topological polar surface area (TPSA) is 29.5 Å². The van der Waals surface area contributed by atoms with Gasteiger partial charge in [0, 0.05) is 0 Å². The Hall–Kier alpha value is -1.72. The summed E-state index contributed by atoms with van der Waals surface area (Å²) in [6.45, 7) is 6.66. The molecule has 1 aromatic carbocycles. The molecule has 6 heteroatoms. The molecule has 0 spiro atoms. The van der Waals surface area contributed by atoms with E-state index >= 15 is 0 Å². The summed E-state index contributed by atoms with van der Waals surface area (Å²) >= 11 is 0. The van der Waals surface area contributed by atoms with Crippen molar-refractivity contribution in [1.82, 2.24) is 4.90 Å². The van der Waals surface area contributed by atoms with E-state index in [2.05, 4.69) is 0 Å². The van der Waals surface area contributed by atoms with E-state index in [0.717, 1.165) is 10.5 Å². The number of benzene rings is 1. The number of ether oxygens (including phenoxy) is 1. The number of carbonyl (C=O) groups is 1. The molecule has 1 amide bonds. The molecule has 0 aliphatic carbocycles. The van der Waals surface area contributed by atoms with Crippen molar-refractivity contribution in [1.29, 1.82) is 0 Å². The highest BCUT2D eigenvalue weighted by molar-refractivity contribution is 5.97. The predicted molar refractivity (Wildman–Crippen MR) is 79.3 cm³/mol. The first-order chi connectivity index (χ1) is 10.3. The highest BCUT2D eigenvalue weighted by Gasteiger charge is 2.35. The Morgan fingerprint density at radius 2 is 1.91 bits per heavy atom. The Balaban J connectivity index is 0.00000116. The highest BCUT2D eigenvalue weighted by Crippen LogP contribution is 2.28. The maximum Gasteiger partial charge on any atom is 0.406 e. The minimum atomic E-state index is -4.41. The molecule has 22 heavy (non-hydrogen) atoms. The zero-order chi connectivity index (χ0) is 16.9. The minimum absolute atomic E-state index is 0.0653. The van der Waals surface area contributed by atoms with E-state index in [4.69, 9.17) is 4.74 Å². The fourth-order valence-corrected chi connectivity index (χ4v) is 2.10. The van der Waals surface area contributed by atoms with E-state index in [1.807, 2.05) is 33.8 Å². The van der Waals surface area contributed by atoms with Gasteiger partial charge in [-0.3, -0.25) is 4.79 Å². The van der Waals surface area contributed by atoms with Crippen molar-refractivity contribution in [2.24, 2.45) is 0 Å². The highest BCUT2D eigenvalue weighted by atomic mass is 19.4. The first-order valence-electron chi connectivity index (χ1n) is 7.40. The second kappa shape index (κ2) is 7.51. The Kier molecular flexibility index (Phi) is 6.26. The SMILES string of the molecule is CC.CC(C)c1ccc2c(c1)C(=O)N(CC(F)(F)F)CCO2. The average molecular weight is 317 g/mol. The zero-order valence-electron chi connectivity index (χ0n) is 13.3. The molecule has 0 N–H and O–H groups in total. The lowest BCUT2D eigenvalue weighted by Gasteiger charge is -2.21. The molecule has 3 nitrogen and oxygen atoms in total. The van der Waals surface area contributed by atoms with Crippen LogP contribution in [0.15, 0.2) is 18.2 Å². The van der Waals surface area contributed by atoms with Crippen LogP contribution in [-0.2, 0) is 0 Å². The molecule has 0 bridgehead atoms. The summed E-state index contributed by atoms with van der Waals surface area (Å²) < 4.78 is 42.9. The average Bonchev–Trinajstić information content (AvgIpc) is 2.60. The van der Waals surface area contributed by atoms with Crippen molar-refractivity contribution in [3.63, 3.8) is 0 Å². The molecule has 0 unspecified atom stereocenters. The number of halogens is 3. The van der Waals surface area contributed by atoms with E-state index in [1.54, 1.807) is 12.1 Å². The van der Waals surface area contributed by atoms with E-state index in [1.165, 1.54) is 0 Å². The van der Waals surface area contributed by atoms with Crippen LogP contribution in [0.25, 0.3) is 0 Å². The van der Waals surface area contributed by atoms with Gasteiger partial charge in [0.25, 0.3) is 5.91 Å². The van der Waals surface area contributed by atoms with E-state index < -0.39 is 18.6 Å². The number of hydrogen-bond acceptors (Lipinski definition) is 2. The van der Waals surface area contributed by atoms with Gasteiger partial charge in [-0.2, -0.15) is 13.2 Å². The summed E-state index contributed by atoms with van der Waals surface area (Å²) in [4.78, 5) is 13.0. The van der Waals surface area contributed by atoms with E-state index in [-0.39, 0.29) is 24.6 Å². The molecule has 2 rings (SSSR count). The molecule has 1 aliphatic rings. The molecule has 0 atom stereocenters. The molecule has 0 aromatic heterocycles. The normalized spacial score (nSPS) is 14.7. The number of carbonyl (C=O) groups excluding carboxylic acids is 1. The molecule has 0 radical (unpaired) electrons. The van der Waals surface area contributed by atoms with Gasteiger partial charge in [-0.05, 0) is 23.6 Å². The third-order valence-electron chi connectivity index (χ3n) is 3.18. The van der Waals surface area contributed by atoms with Gasteiger partial charge in [-0.15, -0.1) is 0 Å². The van der Waals surface area contributed by atoms with Gasteiger partial charge in [0.15, 0.2) is 0 Å². The van der Waals surface area contributed by atoms with E-state index in [0.29, 0.717) is 5.75 Å². The monoisotopic (exact) mass is 317 g/mol. The molecule has 0 saturated heterocycles. The van der Waals surface area contributed by atoms with Crippen molar-refractivity contribution in [3.8, 4) is 5.75 Å². The van der Waals surface area contributed by atoms with Gasteiger partial charge in [-0.25, -0.2) is 0 Å². The van der Waals surface area contributed by atoms with E-state index in [9.17, 15) is 18.0 Å². The lowest BCUT2D eigenvalue weighted by molar-refractivity contribution is -0.140. The van der Waals surface area contributed by atoms with Gasteiger partial charge >= 0.3 is 6.18 Å². The summed E-state index contributed by atoms with van der Waals surface area (Å²) in [5, 5.41) is 0. The molecule has 0 saturated carbocycles. The molecule has 1 aromatic rings. The lowest BCUT2D eigenvalue weighted by atomic mass is 10.00. The fourth-order valence-electron chi connectivity index (χ4n) is 2.10. The summed E-state index contributed by atoms with van der Waals surface area (Å²) in [5.74, 6) is -0.0891. The summed E-state index contributed by atoms with van der Waals surface area (Å²) in [6, 6.07) is 5.10. The summed E-state index contributed by atoms with van der Waals surface area (Å²) in [7, 11) is 0. The van der Waals surface area contributed by atoms with Gasteiger partial charge in [-0.1, -0.05) is 33.8 Å². The maximum absolute atomic E-state index is 12.5. The van der Waals surface area contributed by atoms with Crippen LogP contribution in [0.1, 0.15) is 49.5 Å². The Morgan fingerprint density at radius 1 is 1.27 bits per heavy atom. The van der Waals surface area contributed by atoms with Gasteiger partial charge < -0.3 is 9.64 Å². The van der Waals surface area contributed by atoms with Gasteiger partial charge in [0.05, 0.1) is 12.1 Å². The Morgan fingerprint density at radius 3 is 2.45 bits per heavy atom.